The summed E-state index contributed by atoms with van der Waals surface area (Å²) in [5.74, 6) is 0.236. The Morgan fingerprint density at radius 3 is 2.72 bits per heavy atom. The Labute approximate surface area is 192 Å². The van der Waals surface area contributed by atoms with E-state index in [0.717, 1.165) is 50.8 Å². The third-order valence-electron chi connectivity index (χ3n) is 5.88. The van der Waals surface area contributed by atoms with Crippen molar-refractivity contribution < 1.29 is 19.1 Å². The summed E-state index contributed by atoms with van der Waals surface area (Å²) in [5, 5.41) is 10.7. The number of nitrogens with zero attached hydrogens (tertiary/aromatic N) is 1. The number of morpholine rings is 1. The van der Waals surface area contributed by atoms with Crippen molar-refractivity contribution in [1.82, 2.24) is 15.5 Å². The third kappa shape index (κ3) is 6.29. The van der Waals surface area contributed by atoms with E-state index in [9.17, 15) is 9.59 Å². The van der Waals surface area contributed by atoms with Gasteiger partial charge in [0.25, 0.3) is 5.91 Å². The van der Waals surface area contributed by atoms with Crippen molar-refractivity contribution in [3.63, 3.8) is 0 Å². The van der Waals surface area contributed by atoms with Gasteiger partial charge in [-0.3, -0.25) is 9.69 Å². The highest BCUT2D eigenvalue weighted by atomic mass is 32.1. The Bertz CT molecular complexity index is 880. The first kappa shape index (κ1) is 22.7. The van der Waals surface area contributed by atoms with Crippen LogP contribution in [0.15, 0.2) is 41.8 Å². The van der Waals surface area contributed by atoms with E-state index < -0.39 is 0 Å². The zero-order valence-corrected chi connectivity index (χ0v) is 18.9. The summed E-state index contributed by atoms with van der Waals surface area (Å²) >= 11 is 1.60. The average molecular weight is 459 g/mol. The van der Waals surface area contributed by atoms with Crippen LogP contribution in [-0.2, 0) is 16.0 Å². The van der Waals surface area contributed by atoms with Crippen molar-refractivity contribution in [3.8, 4) is 0 Å². The highest BCUT2D eigenvalue weighted by Gasteiger charge is 2.31. The van der Waals surface area contributed by atoms with Crippen LogP contribution in [0.1, 0.15) is 21.7 Å². The van der Waals surface area contributed by atoms with Gasteiger partial charge in [0.15, 0.2) is 0 Å². The lowest BCUT2D eigenvalue weighted by Gasteiger charge is -2.37. The van der Waals surface area contributed by atoms with Gasteiger partial charge >= 0.3 is 6.03 Å². The first-order valence-corrected chi connectivity index (χ1v) is 11.9. The highest BCUT2D eigenvalue weighted by Crippen LogP contribution is 2.22. The SMILES string of the molecule is O=C(NCC(C1CCOC1)N1CCOCC1)Nc1cccc(C(=O)NCc2cccs2)c1. The van der Waals surface area contributed by atoms with Crippen LogP contribution in [0.2, 0.25) is 0 Å². The van der Waals surface area contributed by atoms with Crippen molar-refractivity contribution in [3.05, 3.63) is 52.2 Å². The number of rotatable bonds is 8. The molecule has 2 aliphatic heterocycles. The fourth-order valence-corrected chi connectivity index (χ4v) is 4.80. The summed E-state index contributed by atoms with van der Waals surface area (Å²) < 4.78 is 11.1. The number of carbonyl (C=O) groups is 2. The monoisotopic (exact) mass is 458 g/mol. The summed E-state index contributed by atoms with van der Waals surface area (Å²) in [5.41, 5.74) is 1.09. The number of carbonyl (C=O) groups excluding carboxylic acids is 2. The van der Waals surface area contributed by atoms with Crippen LogP contribution in [-0.4, -0.2) is 68.9 Å². The molecule has 0 aliphatic carbocycles. The highest BCUT2D eigenvalue weighted by molar-refractivity contribution is 7.09. The number of amides is 3. The van der Waals surface area contributed by atoms with E-state index in [0.29, 0.717) is 30.3 Å². The van der Waals surface area contributed by atoms with Gasteiger partial charge in [0.2, 0.25) is 0 Å². The summed E-state index contributed by atoms with van der Waals surface area (Å²) in [7, 11) is 0. The summed E-state index contributed by atoms with van der Waals surface area (Å²) in [6, 6.07) is 10.9. The molecule has 172 valence electrons. The predicted molar refractivity (Wildman–Crippen MR) is 124 cm³/mol. The molecule has 1 aromatic heterocycles. The Balaban J connectivity index is 1.29. The maximum atomic E-state index is 12.6. The average Bonchev–Trinajstić information content (AvgIpc) is 3.53. The maximum Gasteiger partial charge on any atom is 0.319 e. The van der Waals surface area contributed by atoms with E-state index in [2.05, 4.69) is 20.9 Å². The van der Waals surface area contributed by atoms with Gasteiger partial charge in [-0.05, 0) is 36.1 Å². The van der Waals surface area contributed by atoms with Gasteiger partial charge in [-0.25, -0.2) is 4.79 Å². The number of ether oxygens (including phenoxy) is 2. The zero-order chi connectivity index (χ0) is 22.2. The fourth-order valence-electron chi connectivity index (χ4n) is 4.15. The molecular weight excluding hydrogens is 428 g/mol. The molecule has 1 aromatic carbocycles. The molecule has 4 rings (SSSR count). The van der Waals surface area contributed by atoms with E-state index >= 15 is 0 Å². The minimum atomic E-state index is -0.279. The third-order valence-corrected chi connectivity index (χ3v) is 6.76. The van der Waals surface area contributed by atoms with Crippen LogP contribution in [0.25, 0.3) is 0 Å². The standard InChI is InChI=1S/C23H30N4O4S/c28-22(24-14-20-5-2-12-32-20)17-3-1-4-19(13-17)26-23(29)25-15-21(18-6-9-31-16-18)27-7-10-30-11-8-27/h1-5,12-13,18,21H,6-11,14-16H2,(H,24,28)(H2,25,26,29). The molecule has 3 heterocycles. The number of hydrogen-bond acceptors (Lipinski definition) is 6. The number of urea groups is 1. The van der Waals surface area contributed by atoms with E-state index in [4.69, 9.17) is 9.47 Å². The number of hydrogen-bond donors (Lipinski definition) is 3. The number of anilines is 1. The quantitative estimate of drug-likeness (QED) is 0.566. The van der Waals surface area contributed by atoms with Gasteiger partial charge in [0.05, 0.1) is 26.4 Å². The second-order valence-electron chi connectivity index (χ2n) is 8.02. The molecular formula is C23H30N4O4S. The first-order valence-electron chi connectivity index (χ1n) is 11.0. The van der Waals surface area contributed by atoms with Gasteiger partial charge in [-0.15, -0.1) is 11.3 Å². The van der Waals surface area contributed by atoms with Crippen molar-refractivity contribution in [2.75, 3.05) is 51.4 Å². The van der Waals surface area contributed by atoms with Crippen LogP contribution >= 0.6 is 11.3 Å². The second-order valence-corrected chi connectivity index (χ2v) is 9.05. The molecule has 2 unspecified atom stereocenters. The molecule has 9 heteroatoms. The minimum Gasteiger partial charge on any atom is -0.381 e. The Morgan fingerprint density at radius 2 is 1.97 bits per heavy atom. The molecule has 2 aromatic rings. The fraction of sp³-hybridized carbons (Fsp3) is 0.478. The lowest BCUT2D eigenvalue weighted by Crippen LogP contribution is -2.52. The first-order chi connectivity index (χ1) is 15.7. The zero-order valence-electron chi connectivity index (χ0n) is 18.0. The van der Waals surface area contributed by atoms with Gasteiger partial charge in [0, 0.05) is 54.3 Å². The normalized spacial score (nSPS) is 19.9. The lowest BCUT2D eigenvalue weighted by atomic mass is 9.97. The molecule has 32 heavy (non-hydrogen) atoms. The van der Waals surface area contributed by atoms with Crippen molar-refractivity contribution in [2.45, 2.75) is 19.0 Å². The smallest absolute Gasteiger partial charge is 0.319 e. The largest absolute Gasteiger partial charge is 0.381 e. The minimum absolute atomic E-state index is 0.170. The van der Waals surface area contributed by atoms with Crippen LogP contribution in [0, 0.1) is 5.92 Å². The molecule has 0 saturated carbocycles. The molecule has 2 saturated heterocycles. The number of nitrogens with one attached hydrogen (secondary N) is 3. The van der Waals surface area contributed by atoms with Crippen LogP contribution < -0.4 is 16.0 Å². The van der Waals surface area contributed by atoms with Gasteiger partial charge < -0.3 is 25.4 Å². The van der Waals surface area contributed by atoms with E-state index in [-0.39, 0.29) is 18.0 Å². The van der Waals surface area contributed by atoms with Crippen LogP contribution in [0.3, 0.4) is 0 Å². The summed E-state index contributed by atoms with van der Waals surface area (Å²) in [6.45, 7) is 5.71. The van der Waals surface area contributed by atoms with E-state index in [1.807, 2.05) is 17.5 Å². The molecule has 0 radical (unpaired) electrons. The van der Waals surface area contributed by atoms with Crippen LogP contribution in [0.5, 0.6) is 0 Å². The van der Waals surface area contributed by atoms with Crippen LogP contribution in [0.4, 0.5) is 10.5 Å². The summed E-state index contributed by atoms with van der Waals surface area (Å²) in [4.78, 5) is 28.5. The topological polar surface area (TPSA) is 91.9 Å². The van der Waals surface area contributed by atoms with Gasteiger partial charge in [-0.1, -0.05) is 12.1 Å². The lowest BCUT2D eigenvalue weighted by molar-refractivity contribution is 0.00222. The molecule has 3 amide bonds. The van der Waals surface area contributed by atoms with Crippen molar-refractivity contribution >= 4 is 29.0 Å². The molecule has 8 nitrogen and oxygen atoms in total. The van der Waals surface area contributed by atoms with Crippen molar-refractivity contribution in [2.24, 2.45) is 5.92 Å². The second kappa shape index (κ2) is 11.4. The Morgan fingerprint density at radius 1 is 1.09 bits per heavy atom. The molecule has 0 bridgehead atoms. The molecule has 3 N–H and O–H groups in total. The number of benzene rings is 1. The van der Waals surface area contributed by atoms with Crippen molar-refractivity contribution in [1.29, 1.82) is 0 Å². The summed E-state index contributed by atoms with van der Waals surface area (Å²) in [6.07, 6.45) is 1.01. The Kier molecular flexibility index (Phi) is 8.11. The molecule has 2 fully saturated rings. The predicted octanol–water partition coefficient (Wildman–Crippen LogP) is 2.54. The van der Waals surface area contributed by atoms with E-state index in [1.54, 1.807) is 35.6 Å². The van der Waals surface area contributed by atoms with Gasteiger partial charge in [-0.2, -0.15) is 0 Å². The Hall–Kier alpha value is -2.46. The number of thiophene rings is 1. The molecule has 2 atom stereocenters. The molecule has 2 aliphatic rings. The molecule has 0 spiro atoms. The van der Waals surface area contributed by atoms with E-state index in [1.165, 1.54) is 0 Å². The maximum absolute atomic E-state index is 12.6. The van der Waals surface area contributed by atoms with Gasteiger partial charge in [0.1, 0.15) is 0 Å².